The molecule has 2 unspecified atom stereocenters. The molecule has 1 fully saturated rings. The van der Waals surface area contributed by atoms with Gasteiger partial charge in [0.25, 0.3) is 0 Å². The predicted octanol–water partition coefficient (Wildman–Crippen LogP) is 3.91. The Kier molecular flexibility index (Phi) is 5.08. The highest BCUT2D eigenvalue weighted by atomic mass is 35.5. The number of halogens is 2. The van der Waals surface area contributed by atoms with E-state index in [0.717, 1.165) is 35.7 Å². The molecule has 2 atom stereocenters. The molecule has 2 heterocycles. The van der Waals surface area contributed by atoms with Crippen molar-refractivity contribution < 1.29 is 9.13 Å². The number of rotatable bonds is 5. The highest BCUT2D eigenvalue weighted by Gasteiger charge is 2.29. The van der Waals surface area contributed by atoms with Crippen molar-refractivity contribution in [2.75, 3.05) is 13.2 Å². The van der Waals surface area contributed by atoms with Gasteiger partial charge in [0.05, 0.1) is 21.8 Å². The zero-order valence-electron chi connectivity index (χ0n) is 12.3. The second-order valence-electron chi connectivity index (χ2n) is 5.42. The summed E-state index contributed by atoms with van der Waals surface area (Å²) in [5.41, 5.74) is 1.95. The number of aromatic nitrogens is 1. The Bertz CT molecular complexity index is 649. The Morgan fingerprint density at radius 3 is 3.09 bits per heavy atom. The fraction of sp³-hybridized carbons (Fsp3) is 0.438. The number of benzene rings is 1. The molecular formula is C16H18ClFN2OS. The van der Waals surface area contributed by atoms with Crippen LogP contribution in [0.2, 0.25) is 5.02 Å². The third-order valence-electron chi connectivity index (χ3n) is 3.82. The molecule has 1 saturated heterocycles. The van der Waals surface area contributed by atoms with Crippen LogP contribution in [-0.4, -0.2) is 24.2 Å². The molecule has 118 valence electrons. The Labute approximate surface area is 138 Å². The lowest BCUT2D eigenvalue weighted by Crippen LogP contribution is -2.33. The summed E-state index contributed by atoms with van der Waals surface area (Å²) in [6.07, 6.45) is 1.69. The van der Waals surface area contributed by atoms with Gasteiger partial charge in [-0.15, -0.1) is 11.3 Å². The molecule has 0 bridgehead atoms. The maximum absolute atomic E-state index is 13.6. The standard InChI is InChI=1S/C16H18ClFN2OS/c1-10-20-12(9-22-10)4-6-19-15-5-7-21-16(15)11-2-3-13(17)14(18)8-11/h2-3,8-9,15-16,19H,4-7H2,1H3. The summed E-state index contributed by atoms with van der Waals surface area (Å²) in [6, 6.07) is 5.08. The average Bonchev–Trinajstić information content (AvgIpc) is 3.11. The molecular weight excluding hydrogens is 323 g/mol. The highest BCUT2D eigenvalue weighted by molar-refractivity contribution is 7.09. The molecule has 1 aliphatic rings. The summed E-state index contributed by atoms with van der Waals surface area (Å²) in [5, 5.41) is 6.83. The summed E-state index contributed by atoms with van der Waals surface area (Å²) in [7, 11) is 0. The van der Waals surface area contributed by atoms with Crippen molar-refractivity contribution >= 4 is 22.9 Å². The fourth-order valence-electron chi connectivity index (χ4n) is 2.73. The first-order valence-corrected chi connectivity index (χ1v) is 8.60. The van der Waals surface area contributed by atoms with E-state index in [4.69, 9.17) is 16.3 Å². The van der Waals surface area contributed by atoms with Gasteiger partial charge in [0.1, 0.15) is 5.82 Å². The molecule has 1 aromatic heterocycles. The number of nitrogens with one attached hydrogen (secondary N) is 1. The number of hydrogen-bond acceptors (Lipinski definition) is 4. The first kappa shape index (κ1) is 15.9. The van der Waals surface area contributed by atoms with Gasteiger partial charge in [0, 0.05) is 31.0 Å². The van der Waals surface area contributed by atoms with Crippen molar-refractivity contribution in [3.63, 3.8) is 0 Å². The number of thiazole rings is 1. The molecule has 1 aliphatic heterocycles. The fourth-order valence-corrected chi connectivity index (χ4v) is 3.49. The summed E-state index contributed by atoms with van der Waals surface area (Å²) >= 11 is 7.41. The number of nitrogens with zero attached hydrogens (tertiary/aromatic N) is 1. The SMILES string of the molecule is Cc1nc(CCNC2CCOC2c2ccc(Cl)c(F)c2)cs1. The van der Waals surface area contributed by atoms with Crippen molar-refractivity contribution in [3.8, 4) is 0 Å². The molecule has 0 aliphatic carbocycles. The van der Waals surface area contributed by atoms with Crippen molar-refractivity contribution in [3.05, 3.63) is 50.7 Å². The van der Waals surface area contributed by atoms with Gasteiger partial charge in [-0.2, -0.15) is 0 Å². The molecule has 3 nitrogen and oxygen atoms in total. The van der Waals surface area contributed by atoms with Crippen LogP contribution in [-0.2, 0) is 11.2 Å². The van der Waals surface area contributed by atoms with Crippen molar-refractivity contribution in [1.82, 2.24) is 10.3 Å². The van der Waals surface area contributed by atoms with Crippen molar-refractivity contribution in [2.24, 2.45) is 0 Å². The van der Waals surface area contributed by atoms with Gasteiger partial charge in [-0.1, -0.05) is 17.7 Å². The molecule has 22 heavy (non-hydrogen) atoms. The summed E-state index contributed by atoms with van der Waals surface area (Å²) < 4.78 is 19.4. The van der Waals surface area contributed by atoms with Crippen LogP contribution < -0.4 is 5.32 Å². The van der Waals surface area contributed by atoms with Crippen LogP contribution in [0, 0.1) is 12.7 Å². The van der Waals surface area contributed by atoms with Gasteiger partial charge in [-0.25, -0.2) is 9.37 Å². The molecule has 3 rings (SSSR count). The van der Waals surface area contributed by atoms with Gasteiger partial charge in [-0.3, -0.25) is 0 Å². The van der Waals surface area contributed by atoms with Gasteiger partial charge < -0.3 is 10.1 Å². The van der Waals surface area contributed by atoms with Crippen molar-refractivity contribution in [2.45, 2.75) is 31.9 Å². The van der Waals surface area contributed by atoms with Crippen LogP contribution in [0.1, 0.15) is 28.8 Å². The Morgan fingerprint density at radius 2 is 2.36 bits per heavy atom. The first-order valence-electron chi connectivity index (χ1n) is 7.34. The molecule has 0 amide bonds. The van der Waals surface area contributed by atoms with E-state index in [9.17, 15) is 4.39 Å². The monoisotopic (exact) mass is 340 g/mol. The molecule has 0 saturated carbocycles. The van der Waals surface area contributed by atoms with E-state index in [0.29, 0.717) is 6.61 Å². The maximum Gasteiger partial charge on any atom is 0.142 e. The van der Waals surface area contributed by atoms with Crippen LogP contribution in [0.25, 0.3) is 0 Å². The van der Waals surface area contributed by atoms with Crippen molar-refractivity contribution in [1.29, 1.82) is 0 Å². The van der Waals surface area contributed by atoms with E-state index in [1.54, 1.807) is 17.4 Å². The summed E-state index contributed by atoms with van der Waals surface area (Å²) in [4.78, 5) is 4.46. The zero-order chi connectivity index (χ0) is 15.5. The van der Waals surface area contributed by atoms with Gasteiger partial charge in [0.15, 0.2) is 0 Å². The third-order valence-corrected chi connectivity index (χ3v) is 4.95. The molecule has 1 N–H and O–H groups in total. The molecule has 6 heteroatoms. The minimum absolute atomic E-state index is 0.121. The van der Waals surface area contributed by atoms with E-state index >= 15 is 0 Å². The number of ether oxygens (including phenoxy) is 1. The maximum atomic E-state index is 13.6. The van der Waals surface area contributed by atoms with Gasteiger partial charge in [-0.05, 0) is 31.0 Å². The summed E-state index contributed by atoms with van der Waals surface area (Å²) in [6.45, 7) is 3.53. The molecule has 0 spiro atoms. The zero-order valence-corrected chi connectivity index (χ0v) is 13.9. The Balaban J connectivity index is 1.59. The lowest BCUT2D eigenvalue weighted by atomic mass is 10.0. The molecule has 2 aromatic rings. The van der Waals surface area contributed by atoms with Crippen LogP contribution in [0.3, 0.4) is 0 Å². The van der Waals surface area contributed by atoms with Crippen LogP contribution in [0.15, 0.2) is 23.6 Å². The smallest absolute Gasteiger partial charge is 0.142 e. The average molecular weight is 341 g/mol. The topological polar surface area (TPSA) is 34.2 Å². The van der Waals surface area contributed by atoms with E-state index in [1.165, 1.54) is 6.07 Å². The minimum Gasteiger partial charge on any atom is -0.372 e. The lowest BCUT2D eigenvalue weighted by molar-refractivity contribution is 0.0986. The number of hydrogen-bond donors (Lipinski definition) is 1. The Morgan fingerprint density at radius 1 is 1.50 bits per heavy atom. The van der Waals surface area contributed by atoms with Gasteiger partial charge in [0.2, 0.25) is 0 Å². The predicted molar refractivity (Wildman–Crippen MR) is 87.1 cm³/mol. The van der Waals surface area contributed by atoms with Gasteiger partial charge >= 0.3 is 0 Å². The summed E-state index contributed by atoms with van der Waals surface area (Å²) in [5.74, 6) is -0.397. The van der Waals surface area contributed by atoms with E-state index in [2.05, 4.69) is 15.7 Å². The largest absolute Gasteiger partial charge is 0.372 e. The quantitative estimate of drug-likeness (QED) is 0.896. The second kappa shape index (κ2) is 7.04. The van der Waals surface area contributed by atoms with Crippen LogP contribution >= 0.6 is 22.9 Å². The Hall–Kier alpha value is -1.01. The lowest BCUT2D eigenvalue weighted by Gasteiger charge is -2.20. The van der Waals surface area contributed by atoms with E-state index < -0.39 is 5.82 Å². The van der Waals surface area contributed by atoms with Crippen LogP contribution in [0.5, 0.6) is 0 Å². The highest BCUT2D eigenvalue weighted by Crippen LogP contribution is 2.31. The molecule has 0 radical (unpaired) electrons. The minimum atomic E-state index is -0.397. The third kappa shape index (κ3) is 3.66. The van der Waals surface area contributed by atoms with Crippen LogP contribution in [0.4, 0.5) is 4.39 Å². The number of aryl methyl sites for hydroxylation is 1. The normalized spacial score (nSPS) is 21.4. The second-order valence-corrected chi connectivity index (χ2v) is 6.89. The van der Waals surface area contributed by atoms with E-state index in [-0.39, 0.29) is 17.2 Å². The first-order chi connectivity index (χ1) is 10.6. The molecule has 1 aromatic carbocycles. The van der Waals surface area contributed by atoms with E-state index in [1.807, 2.05) is 13.0 Å².